The fourth-order valence-corrected chi connectivity index (χ4v) is 3.87. The second kappa shape index (κ2) is 17.9. The van der Waals surface area contributed by atoms with Crippen molar-refractivity contribution in [3.8, 4) is 0 Å². The number of primary amides is 1. The van der Waals surface area contributed by atoms with Gasteiger partial charge in [0.25, 0.3) is 0 Å². The molecule has 13 heteroatoms. The summed E-state index contributed by atoms with van der Waals surface area (Å²) in [4.78, 5) is 74.6. The van der Waals surface area contributed by atoms with E-state index in [1.54, 1.807) is 54.6 Å². The number of nitrogens with one attached hydrogen (secondary N) is 3. The number of ketones is 2. The number of Topliss-reactive ketones (excluding diaryl/α,β-unsaturated/α-hetero) is 2. The van der Waals surface area contributed by atoms with Crippen LogP contribution in [0.5, 0.6) is 0 Å². The Bertz CT molecular complexity index is 1240. The van der Waals surface area contributed by atoms with Gasteiger partial charge in [-0.1, -0.05) is 74.5 Å². The Hall–Kier alpha value is -4.78. The Labute approximate surface area is 250 Å². The van der Waals surface area contributed by atoms with Crippen molar-refractivity contribution in [2.24, 2.45) is 17.4 Å². The van der Waals surface area contributed by atoms with Crippen LogP contribution in [0.3, 0.4) is 0 Å². The molecule has 0 aromatic heterocycles. The van der Waals surface area contributed by atoms with Crippen LogP contribution in [0.4, 0.5) is 9.59 Å². The third-order valence-corrected chi connectivity index (χ3v) is 6.15. The highest BCUT2D eigenvalue weighted by Gasteiger charge is 2.32. The molecule has 0 saturated heterocycles. The first-order chi connectivity index (χ1) is 20.5. The van der Waals surface area contributed by atoms with Crippen LogP contribution in [0.15, 0.2) is 60.7 Å². The molecule has 0 spiro atoms. The molecule has 1 unspecified atom stereocenters. The summed E-state index contributed by atoms with van der Waals surface area (Å²) >= 11 is 0. The van der Waals surface area contributed by atoms with Crippen LogP contribution in [-0.2, 0) is 41.9 Å². The molecule has 0 fully saturated rings. The normalized spacial score (nSPS) is 12.7. The molecule has 2 aromatic rings. The van der Waals surface area contributed by atoms with Crippen LogP contribution in [0.2, 0.25) is 0 Å². The van der Waals surface area contributed by atoms with E-state index in [1.807, 2.05) is 19.9 Å². The Balaban J connectivity index is 1.94. The van der Waals surface area contributed by atoms with E-state index in [0.717, 1.165) is 11.1 Å². The summed E-state index contributed by atoms with van der Waals surface area (Å²) in [6.45, 7) is 2.94. The Morgan fingerprint density at radius 1 is 0.767 bits per heavy atom. The molecule has 43 heavy (non-hydrogen) atoms. The largest absolute Gasteiger partial charge is 0.445 e. The SMILES string of the molecule is CC(C)C[C@H](NC(=O)OCc1ccccc1)C(=O)C(N)C(=O)CNC(=O)[C@H](CCC(N)=O)NC(=O)OCc1ccccc1. The van der Waals surface area contributed by atoms with Gasteiger partial charge in [-0.25, -0.2) is 9.59 Å². The lowest BCUT2D eigenvalue weighted by Crippen LogP contribution is -2.55. The minimum absolute atomic E-state index is 0.0168. The summed E-state index contributed by atoms with van der Waals surface area (Å²) < 4.78 is 10.3. The van der Waals surface area contributed by atoms with Gasteiger partial charge in [-0.05, 0) is 29.9 Å². The summed E-state index contributed by atoms with van der Waals surface area (Å²) in [5.74, 6) is -3.13. The van der Waals surface area contributed by atoms with Gasteiger partial charge in [0.15, 0.2) is 11.6 Å². The Morgan fingerprint density at radius 2 is 1.26 bits per heavy atom. The number of ether oxygens (including phenoxy) is 2. The van der Waals surface area contributed by atoms with Crippen molar-refractivity contribution in [1.82, 2.24) is 16.0 Å². The van der Waals surface area contributed by atoms with Crippen molar-refractivity contribution in [2.75, 3.05) is 6.54 Å². The monoisotopic (exact) mass is 597 g/mol. The summed E-state index contributed by atoms with van der Waals surface area (Å²) in [5.41, 5.74) is 12.6. The number of amides is 4. The van der Waals surface area contributed by atoms with Gasteiger partial charge < -0.3 is 36.9 Å². The average molecular weight is 598 g/mol. The fraction of sp³-hybridized carbons (Fsp3) is 0.400. The second-order valence-corrected chi connectivity index (χ2v) is 10.2. The van der Waals surface area contributed by atoms with Crippen LogP contribution in [0, 0.1) is 5.92 Å². The summed E-state index contributed by atoms with van der Waals surface area (Å²) in [5, 5.41) is 7.15. The number of alkyl carbamates (subject to hydrolysis) is 2. The molecule has 2 rings (SSSR count). The van der Waals surface area contributed by atoms with Gasteiger partial charge in [0.05, 0.1) is 12.6 Å². The highest BCUT2D eigenvalue weighted by molar-refractivity contribution is 6.10. The number of nitrogens with two attached hydrogens (primary N) is 2. The highest BCUT2D eigenvalue weighted by atomic mass is 16.6. The lowest BCUT2D eigenvalue weighted by molar-refractivity contribution is -0.132. The molecule has 232 valence electrons. The molecule has 2 aromatic carbocycles. The third-order valence-electron chi connectivity index (χ3n) is 6.15. The summed E-state index contributed by atoms with van der Waals surface area (Å²) in [6, 6.07) is 13.7. The maximum absolute atomic E-state index is 13.1. The van der Waals surface area contributed by atoms with E-state index < -0.39 is 60.2 Å². The first-order valence-corrected chi connectivity index (χ1v) is 13.8. The maximum Gasteiger partial charge on any atom is 0.408 e. The molecule has 13 nitrogen and oxygen atoms in total. The van der Waals surface area contributed by atoms with E-state index in [9.17, 15) is 28.8 Å². The predicted molar refractivity (Wildman–Crippen MR) is 156 cm³/mol. The van der Waals surface area contributed by atoms with Crippen LogP contribution in [0.25, 0.3) is 0 Å². The van der Waals surface area contributed by atoms with Gasteiger partial charge in [0.1, 0.15) is 25.3 Å². The zero-order valence-corrected chi connectivity index (χ0v) is 24.2. The molecule has 0 aliphatic carbocycles. The molecule has 4 amide bonds. The second-order valence-electron chi connectivity index (χ2n) is 10.2. The molecule has 0 bridgehead atoms. The quantitative estimate of drug-likeness (QED) is 0.167. The van der Waals surface area contributed by atoms with Crippen molar-refractivity contribution in [1.29, 1.82) is 0 Å². The first-order valence-electron chi connectivity index (χ1n) is 13.8. The zero-order chi connectivity index (χ0) is 31.8. The smallest absolute Gasteiger partial charge is 0.408 e. The van der Waals surface area contributed by atoms with Crippen LogP contribution >= 0.6 is 0 Å². The topological polar surface area (TPSA) is 209 Å². The summed E-state index contributed by atoms with van der Waals surface area (Å²) in [6.07, 6.45) is -1.97. The zero-order valence-electron chi connectivity index (χ0n) is 24.2. The van der Waals surface area contributed by atoms with Gasteiger partial charge >= 0.3 is 12.2 Å². The minimum atomic E-state index is -1.66. The molecule has 3 atom stereocenters. The number of hydrogen-bond donors (Lipinski definition) is 5. The van der Waals surface area contributed by atoms with Gasteiger partial charge in [-0.2, -0.15) is 0 Å². The number of carbonyl (C=O) groups excluding carboxylic acids is 6. The molecule has 7 N–H and O–H groups in total. The minimum Gasteiger partial charge on any atom is -0.445 e. The standard InChI is InChI=1S/C30H39N5O8/c1-19(2)15-23(35-30(41)43-18-21-11-7-4-8-12-21)27(38)26(32)24(36)16-33-28(39)22(13-14-25(31)37)34-29(40)42-17-20-9-5-3-6-10-20/h3-12,19,22-23,26H,13-18,32H2,1-2H3,(H2,31,37)(H,33,39)(H,34,40)(H,35,41)/t22-,23-,26?/m0/s1. The number of rotatable bonds is 17. The predicted octanol–water partition coefficient (Wildman–Crippen LogP) is 1.47. The van der Waals surface area contributed by atoms with E-state index in [-0.39, 0.29) is 38.4 Å². The Morgan fingerprint density at radius 3 is 1.72 bits per heavy atom. The average Bonchev–Trinajstić information content (AvgIpc) is 2.99. The van der Waals surface area contributed by atoms with Gasteiger partial charge in [0, 0.05) is 6.42 Å². The lowest BCUT2D eigenvalue weighted by atomic mass is 9.94. The van der Waals surface area contributed by atoms with Crippen LogP contribution < -0.4 is 27.4 Å². The number of benzene rings is 2. The van der Waals surface area contributed by atoms with Gasteiger partial charge in [0.2, 0.25) is 11.8 Å². The van der Waals surface area contributed by atoms with E-state index in [1.165, 1.54) is 0 Å². The van der Waals surface area contributed by atoms with Crippen LogP contribution in [-0.4, -0.2) is 60.2 Å². The van der Waals surface area contributed by atoms with E-state index in [2.05, 4.69) is 16.0 Å². The van der Waals surface area contributed by atoms with Gasteiger partial charge in [-0.3, -0.25) is 19.2 Å². The first kappa shape index (κ1) is 34.4. The lowest BCUT2D eigenvalue weighted by Gasteiger charge is -2.22. The summed E-state index contributed by atoms with van der Waals surface area (Å²) in [7, 11) is 0. The molecule has 0 aliphatic heterocycles. The van der Waals surface area contributed by atoms with E-state index in [4.69, 9.17) is 20.9 Å². The van der Waals surface area contributed by atoms with Crippen molar-refractivity contribution in [3.05, 3.63) is 71.8 Å². The van der Waals surface area contributed by atoms with Crippen molar-refractivity contribution >= 4 is 35.6 Å². The number of carbonyl (C=O) groups is 6. The Kier molecular flexibility index (Phi) is 14.3. The van der Waals surface area contributed by atoms with Crippen molar-refractivity contribution < 1.29 is 38.2 Å². The fourth-order valence-electron chi connectivity index (χ4n) is 3.87. The molecule has 0 saturated carbocycles. The molecular weight excluding hydrogens is 558 g/mol. The van der Waals surface area contributed by atoms with Crippen molar-refractivity contribution in [3.63, 3.8) is 0 Å². The van der Waals surface area contributed by atoms with Crippen molar-refractivity contribution in [2.45, 2.75) is 64.4 Å². The molecule has 0 radical (unpaired) electrons. The third kappa shape index (κ3) is 13.2. The maximum atomic E-state index is 13.1. The van der Waals surface area contributed by atoms with Gasteiger partial charge in [-0.15, -0.1) is 0 Å². The number of hydrogen-bond acceptors (Lipinski definition) is 9. The van der Waals surface area contributed by atoms with E-state index in [0.29, 0.717) is 0 Å². The highest BCUT2D eigenvalue weighted by Crippen LogP contribution is 2.09. The molecule has 0 aliphatic rings. The molecule has 0 heterocycles. The van der Waals surface area contributed by atoms with E-state index >= 15 is 0 Å². The molecular formula is C30H39N5O8. The van der Waals surface area contributed by atoms with Crippen LogP contribution in [0.1, 0.15) is 44.2 Å².